The van der Waals surface area contributed by atoms with Gasteiger partial charge in [-0.25, -0.2) is 14.5 Å². The predicted octanol–water partition coefficient (Wildman–Crippen LogP) is 2.79. The van der Waals surface area contributed by atoms with Crippen molar-refractivity contribution >= 4 is 17.6 Å². The molecule has 0 saturated heterocycles. The lowest BCUT2D eigenvalue weighted by Gasteiger charge is -2.22. The average molecular weight is 406 g/mol. The minimum Gasteiger partial charge on any atom is -0.350 e. The van der Waals surface area contributed by atoms with Crippen LogP contribution in [0.5, 0.6) is 0 Å². The Balaban J connectivity index is 1.51. The Morgan fingerprint density at radius 1 is 1.00 bits per heavy atom. The van der Waals surface area contributed by atoms with Crippen LogP contribution in [0.3, 0.4) is 0 Å². The quantitative estimate of drug-likeness (QED) is 0.535. The normalized spacial score (nSPS) is 11.7. The third-order valence-electron chi connectivity index (χ3n) is 4.57. The zero-order chi connectivity index (χ0) is 21.3. The molecule has 156 valence electrons. The first-order chi connectivity index (χ1) is 14.5. The van der Waals surface area contributed by atoms with Crippen molar-refractivity contribution in [1.82, 2.24) is 25.4 Å². The summed E-state index contributed by atoms with van der Waals surface area (Å²) in [6.45, 7) is 4.81. The van der Waals surface area contributed by atoms with Gasteiger partial charge in [-0.05, 0) is 29.2 Å². The van der Waals surface area contributed by atoms with Crippen LogP contribution in [-0.2, 0) is 17.9 Å². The maximum Gasteiger partial charge on any atom is 0.319 e. The van der Waals surface area contributed by atoms with Gasteiger partial charge >= 0.3 is 6.03 Å². The molecule has 3 aromatic rings. The maximum absolute atomic E-state index is 12.7. The van der Waals surface area contributed by atoms with Crippen molar-refractivity contribution in [2.24, 2.45) is 5.92 Å². The van der Waals surface area contributed by atoms with Gasteiger partial charge in [0.15, 0.2) is 0 Å². The zero-order valence-electron chi connectivity index (χ0n) is 17.1. The van der Waals surface area contributed by atoms with Gasteiger partial charge in [0.2, 0.25) is 5.91 Å². The molecular formula is C22H26N6O2. The molecule has 1 unspecified atom stereocenters. The van der Waals surface area contributed by atoms with Crippen LogP contribution >= 0.6 is 0 Å². The highest BCUT2D eigenvalue weighted by atomic mass is 16.2. The minimum absolute atomic E-state index is 0.0587. The summed E-state index contributed by atoms with van der Waals surface area (Å²) in [5.41, 5.74) is 2.74. The number of hydrogen-bond acceptors (Lipinski definition) is 4. The lowest BCUT2D eigenvalue weighted by molar-refractivity contribution is -0.124. The van der Waals surface area contributed by atoms with Crippen molar-refractivity contribution in [3.05, 3.63) is 78.4 Å². The van der Waals surface area contributed by atoms with Gasteiger partial charge in [0.05, 0.1) is 6.54 Å². The summed E-state index contributed by atoms with van der Waals surface area (Å²) in [6, 6.07) is 16.0. The number of aromatic nitrogens is 3. The summed E-state index contributed by atoms with van der Waals surface area (Å²) >= 11 is 0. The first kappa shape index (κ1) is 21.0. The molecule has 0 aliphatic rings. The summed E-state index contributed by atoms with van der Waals surface area (Å²) < 4.78 is 1.75. The lowest BCUT2D eigenvalue weighted by Crippen LogP contribution is -2.50. The standard InChI is InChI=1S/C22H26N6O2/c1-16(2)20(27-22(30)26-19-6-4-3-5-7-19)21(29)24-12-17-8-10-18(11-9-17)13-28-15-23-14-25-28/h3-11,14-16,20H,12-13H2,1-2H3,(H,24,29)(H2,26,27,30). The molecule has 0 saturated carbocycles. The van der Waals surface area contributed by atoms with Crippen LogP contribution in [0.15, 0.2) is 67.3 Å². The number of benzene rings is 2. The predicted molar refractivity (Wildman–Crippen MR) is 115 cm³/mol. The van der Waals surface area contributed by atoms with E-state index in [4.69, 9.17) is 0 Å². The average Bonchev–Trinajstić information content (AvgIpc) is 3.25. The van der Waals surface area contributed by atoms with Crippen molar-refractivity contribution in [3.8, 4) is 0 Å². The SMILES string of the molecule is CC(C)C(NC(=O)Nc1ccccc1)C(=O)NCc1ccc(Cn2cncn2)cc1. The fourth-order valence-electron chi connectivity index (χ4n) is 2.93. The number of amides is 3. The van der Waals surface area contributed by atoms with Crippen molar-refractivity contribution in [1.29, 1.82) is 0 Å². The maximum atomic E-state index is 12.7. The first-order valence-corrected chi connectivity index (χ1v) is 9.82. The van der Waals surface area contributed by atoms with Gasteiger partial charge in [0, 0.05) is 12.2 Å². The number of carbonyl (C=O) groups is 2. The van der Waals surface area contributed by atoms with E-state index in [1.165, 1.54) is 6.33 Å². The molecule has 2 aromatic carbocycles. The van der Waals surface area contributed by atoms with E-state index in [-0.39, 0.29) is 11.8 Å². The van der Waals surface area contributed by atoms with E-state index in [1.54, 1.807) is 23.1 Å². The smallest absolute Gasteiger partial charge is 0.319 e. The van der Waals surface area contributed by atoms with Crippen LogP contribution in [0, 0.1) is 5.92 Å². The van der Waals surface area contributed by atoms with Gasteiger partial charge in [-0.3, -0.25) is 4.79 Å². The van der Waals surface area contributed by atoms with Crippen LogP contribution in [0.1, 0.15) is 25.0 Å². The fraction of sp³-hybridized carbons (Fsp3) is 0.273. The van der Waals surface area contributed by atoms with Crippen LogP contribution in [0.2, 0.25) is 0 Å². The molecule has 1 atom stereocenters. The molecule has 8 heteroatoms. The van der Waals surface area contributed by atoms with Crippen LogP contribution < -0.4 is 16.0 Å². The second-order valence-corrected chi connectivity index (χ2v) is 7.31. The molecule has 3 rings (SSSR count). The molecule has 3 amide bonds. The summed E-state index contributed by atoms with van der Waals surface area (Å²) in [4.78, 5) is 28.8. The zero-order valence-corrected chi connectivity index (χ0v) is 17.1. The Morgan fingerprint density at radius 2 is 1.70 bits per heavy atom. The summed E-state index contributed by atoms with van der Waals surface area (Å²) in [7, 11) is 0. The largest absolute Gasteiger partial charge is 0.350 e. The molecule has 0 bridgehead atoms. The number of nitrogens with one attached hydrogen (secondary N) is 3. The molecule has 8 nitrogen and oxygen atoms in total. The number of urea groups is 1. The lowest BCUT2D eigenvalue weighted by atomic mass is 10.0. The Kier molecular flexibility index (Phi) is 7.15. The number of nitrogens with zero attached hydrogens (tertiary/aromatic N) is 3. The fourth-order valence-corrected chi connectivity index (χ4v) is 2.93. The molecule has 0 aliphatic heterocycles. The van der Waals surface area contributed by atoms with Crippen LogP contribution in [0.4, 0.5) is 10.5 Å². The highest BCUT2D eigenvalue weighted by Gasteiger charge is 2.24. The number of carbonyl (C=O) groups excluding carboxylic acids is 2. The van der Waals surface area contributed by atoms with E-state index in [0.29, 0.717) is 18.8 Å². The van der Waals surface area contributed by atoms with E-state index in [9.17, 15) is 9.59 Å². The molecule has 1 heterocycles. The first-order valence-electron chi connectivity index (χ1n) is 9.82. The van der Waals surface area contributed by atoms with E-state index in [2.05, 4.69) is 26.0 Å². The van der Waals surface area contributed by atoms with E-state index < -0.39 is 12.1 Å². The van der Waals surface area contributed by atoms with Gasteiger partial charge in [0.25, 0.3) is 0 Å². The Bertz CT molecular complexity index is 940. The van der Waals surface area contributed by atoms with Crippen molar-refractivity contribution in [2.75, 3.05) is 5.32 Å². The van der Waals surface area contributed by atoms with Gasteiger partial charge in [-0.1, -0.05) is 56.3 Å². The molecule has 30 heavy (non-hydrogen) atoms. The van der Waals surface area contributed by atoms with Crippen LogP contribution in [-0.4, -0.2) is 32.7 Å². The summed E-state index contributed by atoms with van der Waals surface area (Å²) in [5, 5.41) is 12.5. The molecule has 0 spiro atoms. The van der Waals surface area contributed by atoms with Gasteiger partial charge in [-0.15, -0.1) is 0 Å². The number of hydrogen-bond donors (Lipinski definition) is 3. The highest BCUT2D eigenvalue weighted by Crippen LogP contribution is 2.08. The number of anilines is 1. The molecule has 1 aromatic heterocycles. The molecule has 0 radical (unpaired) electrons. The number of rotatable bonds is 8. The molecule has 0 fully saturated rings. The molecule has 3 N–H and O–H groups in total. The van der Waals surface area contributed by atoms with Gasteiger partial charge in [0.1, 0.15) is 18.7 Å². The van der Waals surface area contributed by atoms with Crippen molar-refractivity contribution in [3.63, 3.8) is 0 Å². The van der Waals surface area contributed by atoms with Crippen molar-refractivity contribution in [2.45, 2.75) is 33.0 Å². The highest BCUT2D eigenvalue weighted by molar-refractivity contribution is 5.93. The number of para-hydroxylation sites is 1. The summed E-state index contributed by atoms with van der Waals surface area (Å²) in [6.07, 6.45) is 3.17. The summed E-state index contributed by atoms with van der Waals surface area (Å²) in [5.74, 6) is -0.281. The third kappa shape index (κ3) is 6.16. The minimum atomic E-state index is -0.639. The monoisotopic (exact) mass is 406 g/mol. The van der Waals surface area contributed by atoms with Crippen molar-refractivity contribution < 1.29 is 9.59 Å². The van der Waals surface area contributed by atoms with E-state index >= 15 is 0 Å². The van der Waals surface area contributed by atoms with Crippen LogP contribution in [0.25, 0.3) is 0 Å². The Morgan fingerprint density at radius 3 is 2.33 bits per heavy atom. The Labute approximate surface area is 175 Å². The van der Waals surface area contributed by atoms with E-state index in [0.717, 1.165) is 11.1 Å². The van der Waals surface area contributed by atoms with E-state index in [1.807, 2.05) is 56.3 Å². The van der Waals surface area contributed by atoms with Gasteiger partial charge < -0.3 is 16.0 Å². The third-order valence-corrected chi connectivity index (χ3v) is 4.57. The molecular weight excluding hydrogens is 380 g/mol. The second kappa shape index (κ2) is 10.2. The second-order valence-electron chi connectivity index (χ2n) is 7.31. The van der Waals surface area contributed by atoms with Gasteiger partial charge in [-0.2, -0.15) is 5.10 Å². The Hall–Kier alpha value is -3.68. The molecule has 0 aliphatic carbocycles. The topological polar surface area (TPSA) is 101 Å².